The molecular weight excluding hydrogens is 386 g/mol. The molecule has 1 aliphatic heterocycles. The SMILES string of the molecule is CCC1CC(C)=CC(=Nc2cc(Nc3ccccc3C(=O)NC)c(C(C)C)cn2)N1C. The summed E-state index contributed by atoms with van der Waals surface area (Å²) in [5.41, 5.74) is 4.67. The number of benzene rings is 1. The third-order valence-electron chi connectivity index (χ3n) is 5.75. The van der Waals surface area contributed by atoms with Gasteiger partial charge in [-0.2, -0.15) is 0 Å². The first-order valence-corrected chi connectivity index (χ1v) is 10.9. The minimum absolute atomic E-state index is 0.126. The number of amidine groups is 1. The number of carbonyl (C=O) groups is 1. The highest BCUT2D eigenvalue weighted by Crippen LogP contribution is 2.31. The fraction of sp³-hybridized carbons (Fsp3) is 0.400. The summed E-state index contributed by atoms with van der Waals surface area (Å²) < 4.78 is 0. The van der Waals surface area contributed by atoms with E-state index < -0.39 is 0 Å². The van der Waals surface area contributed by atoms with Crippen molar-refractivity contribution in [2.24, 2.45) is 4.99 Å². The van der Waals surface area contributed by atoms with Gasteiger partial charge in [-0.15, -0.1) is 0 Å². The zero-order valence-electron chi connectivity index (χ0n) is 19.4. The number of para-hydroxylation sites is 1. The average Bonchev–Trinajstić information content (AvgIpc) is 2.75. The molecule has 1 amide bonds. The summed E-state index contributed by atoms with van der Waals surface area (Å²) in [6.45, 7) is 8.62. The van der Waals surface area contributed by atoms with Crippen molar-refractivity contribution in [1.82, 2.24) is 15.2 Å². The van der Waals surface area contributed by atoms with E-state index in [0.29, 0.717) is 17.4 Å². The van der Waals surface area contributed by atoms with Crippen LogP contribution in [0.25, 0.3) is 0 Å². The largest absolute Gasteiger partial charge is 0.356 e. The molecule has 1 atom stereocenters. The Kier molecular flexibility index (Phi) is 7.10. The molecule has 164 valence electrons. The van der Waals surface area contributed by atoms with E-state index in [2.05, 4.69) is 61.3 Å². The van der Waals surface area contributed by atoms with Crippen molar-refractivity contribution in [2.75, 3.05) is 19.4 Å². The number of likely N-dealkylation sites (N-methyl/N-ethyl adjacent to an activating group) is 1. The highest BCUT2D eigenvalue weighted by molar-refractivity contribution is 6.00. The smallest absolute Gasteiger partial charge is 0.253 e. The van der Waals surface area contributed by atoms with Gasteiger partial charge in [0.25, 0.3) is 5.91 Å². The Morgan fingerprint density at radius 2 is 2.03 bits per heavy atom. The molecule has 1 unspecified atom stereocenters. The number of hydrogen-bond acceptors (Lipinski definition) is 4. The third kappa shape index (κ3) is 5.13. The Morgan fingerprint density at radius 1 is 1.29 bits per heavy atom. The molecule has 0 spiro atoms. The normalized spacial score (nSPS) is 17.6. The Bertz CT molecular complexity index is 1010. The van der Waals surface area contributed by atoms with Gasteiger partial charge in [-0.05, 0) is 49.5 Å². The van der Waals surface area contributed by atoms with E-state index in [1.54, 1.807) is 7.05 Å². The van der Waals surface area contributed by atoms with Crippen molar-refractivity contribution in [2.45, 2.75) is 52.5 Å². The molecule has 2 N–H and O–H groups in total. The standard InChI is InChI=1S/C25H33N5O/c1-7-18-12-17(4)13-24(30(18)6)29-23-14-22(20(15-27-23)16(2)3)28-21-11-9-8-10-19(21)25(31)26-5/h8-11,13-16,18H,7,12H2,1-6H3,(H,26,31)(H,27,28). The summed E-state index contributed by atoms with van der Waals surface area (Å²) in [5, 5.41) is 6.16. The van der Waals surface area contributed by atoms with E-state index in [1.165, 1.54) is 5.57 Å². The maximum Gasteiger partial charge on any atom is 0.253 e. The second-order valence-corrected chi connectivity index (χ2v) is 8.37. The third-order valence-corrected chi connectivity index (χ3v) is 5.75. The highest BCUT2D eigenvalue weighted by Gasteiger charge is 2.21. The fourth-order valence-electron chi connectivity index (χ4n) is 3.88. The lowest BCUT2D eigenvalue weighted by atomic mass is 9.99. The Hall–Kier alpha value is -3.15. The molecule has 1 aromatic carbocycles. The molecule has 2 heterocycles. The van der Waals surface area contributed by atoms with Gasteiger partial charge in [0.05, 0.1) is 11.3 Å². The number of aromatic nitrogens is 1. The van der Waals surface area contributed by atoms with Crippen molar-refractivity contribution >= 4 is 28.9 Å². The van der Waals surface area contributed by atoms with Crippen LogP contribution in [-0.2, 0) is 0 Å². The van der Waals surface area contributed by atoms with Crippen LogP contribution in [0.2, 0.25) is 0 Å². The number of pyridine rings is 1. The van der Waals surface area contributed by atoms with Gasteiger partial charge in [0.2, 0.25) is 0 Å². The predicted octanol–water partition coefficient (Wildman–Crippen LogP) is 5.40. The molecule has 0 fully saturated rings. The summed E-state index contributed by atoms with van der Waals surface area (Å²) in [5.74, 6) is 1.72. The fourth-order valence-corrected chi connectivity index (χ4v) is 3.88. The Morgan fingerprint density at radius 3 is 2.71 bits per heavy atom. The van der Waals surface area contributed by atoms with Crippen LogP contribution < -0.4 is 10.6 Å². The van der Waals surface area contributed by atoms with Crippen molar-refractivity contribution < 1.29 is 4.79 Å². The van der Waals surface area contributed by atoms with Gasteiger partial charge in [0, 0.05) is 38.1 Å². The zero-order chi connectivity index (χ0) is 22.5. The van der Waals surface area contributed by atoms with Crippen LogP contribution in [0.1, 0.15) is 62.4 Å². The van der Waals surface area contributed by atoms with Crippen molar-refractivity contribution in [1.29, 1.82) is 0 Å². The predicted molar refractivity (Wildman–Crippen MR) is 129 cm³/mol. The van der Waals surface area contributed by atoms with Crippen LogP contribution in [0.15, 0.2) is 53.2 Å². The van der Waals surface area contributed by atoms with E-state index in [-0.39, 0.29) is 11.8 Å². The number of carbonyl (C=O) groups excluding carboxylic acids is 1. The van der Waals surface area contributed by atoms with E-state index in [0.717, 1.165) is 35.6 Å². The topological polar surface area (TPSA) is 69.6 Å². The summed E-state index contributed by atoms with van der Waals surface area (Å²) in [7, 11) is 3.73. The Labute approximate surface area is 185 Å². The Balaban J connectivity index is 2.02. The lowest BCUT2D eigenvalue weighted by Gasteiger charge is -2.33. The van der Waals surface area contributed by atoms with Gasteiger partial charge < -0.3 is 15.5 Å². The van der Waals surface area contributed by atoms with Gasteiger partial charge in [0.15, 0.2) is 5.82 Å². The lowest BCUT2D eigenvalue weighted by Crippen LogP contribution is -2.38. The molecule has 0 saturated carbocycles. The first kappa shape index (κ1) is 22.5. The second-order valence-electron chi connectivity index (χ2n) is 8.37. The number of anilines is 2. The number of aliphatic imine (C=N–C) groups is 1. The summed E-state index contributed by atoms with van der Waals surface area (Å²) >= 11 is 0. The quantitative estimate of drug-likeness (QED) is 0.658. The molecule has 31 heavy (non-hydrogen) atoms. The lowest BCUT2D eigenvalue weighted by molar-refractivity contribution is 0.0964. The molecule has 6 nitrogen and oxygen atoms in total. The number of nitrogens with zero attached hydrogens (tertiary/aromatic N) is 3. The molecule has 2 aromatic rings. The van der Waals surface area contributed by atoms with Crippen LogP contribution >= 0.6 is 0 Å². The van der Waals surface area contributed by atoms with E-state index >= 15 is 0 Å². The molecule has 0 aliphatic carbocycles. The minimum Gasteiger partial charge on any atom is -0.356 e. The van der Waals surface area contributed by atoms with Crippen LogP contribution in [-0.4, -0.2) is 41.8 Å². The van der Waals surface area contributed by atoms with Crippen LogP contribution in [0, 0.1) is 0 Å². The first-order valence-electron chi connectivity index (χ1n) is 10.9. The van der Waals surface area contributed by atoms with Crippen LogP contribution in [0.4, 0.5) is 17.2 Å². The highest BCUT2D eigenvalue weighted by atomic mass is 16.1. The van der Waals surface area contributed by atoms with E-state index in [4.69, 9.17) is 4.99 Å². The summed E-state index contributed by atoms with van der Waals surface area (Å²) in [6.07, 6.45) is 6.15. The number of rotatable bonds is 6. The van der Waals surface area contributed by atoms with Gasteiger partial charge in [0.1, 0.15) is 5.84 Å². The van der Waals surface area contributed by atoms with Crippen molar-refractivity contribution in [3.05, 3.63) is 59.3 Å². The molecule has 0 radical (unpaired) electrons. The molecule has 1 aromatic heterocycles. The molecular formula is C25H33N5O. The summed E-state index contributed by atoms with van der Waals surface area (Å²) in [4.78, 5) is 24.0. The summed E-state index contributed by atoms with van der Waals surface area (Å²) in [6, 6.07) is 9.93. The first-order chi connectivity index (χ1) is 14.8. The maximum absolute atomic E-state index is 12.3. The molecule has 3 rings (SSSR count). The monoisotopic (exact) mass is 419 g/mol. The molecule has 0 saturated heterocycles. The van der Waals surface area contributed by atoms with Crippen LogP contribution in [0.3, 0.4) is 0 Å². The second kappa shape index (κ2) is 9.77. The van der Waals surface area contributed by atoms with Gasteiger partial charge in [-0.25, -0.2) is 9.98 Å². The number of nitrogens with one attached hydrogen (secondary N) is 2. The minimum atomic E-state index is -0.126. The average molecular weight is 420 g/mol. The zero-order valence-corrected chi connectivity index (χ0v) is 19.4. The van der Waals surface area contributed by atoms with E-state index in [9.17, 15) is 4.79 Å². The maximum atomic E-state index is 12.3. The molecule has 0 bridgehead atoms. The van der Waals surface area contributed by atoms with Crippen LogP contribution in [0.5, 0.6) is 0 Å². The van der Waals surface area contributed by atoms with Crippen molar-refractivity contribution in [3.63, 3.8) is 0 Å². The van der Waals surface area contributed by atoms with Crippen molar-refractivity contribution in [3.8, 4) is 0 Å². The molecule has 1 aliphatic rings. The van der Waals surface area contributed by atoms with Gasteiger partial charge in [-0.3, -0.25) is 4.79 Å². The number of hydrogen-bond donors (Lipinski definition) is 2. The van der Waals surface area contributed by atoms with Gasteiger partial charge in [-0.1, -0.05) is 38.5 Å². The number of amides is 1. The van der Waals surface area contributed by atoms with E-state index in [1.807, 2.05) is 36.5 Å². The van der Waals surface area contributed by atoms with Gasteiger partial charge >= 0.3 is 0 Å². The molecule has 6 heteroatoms.